The first-order valence-corrected chi connectivity index (χ1v) is 7.81. The van der Waals surface area contributed by atoms with Crippen LogP contribution in [0.1, 0.15) is 55.8 Å². The molecule has 1 aromatic carbocycles. The summed E-state index contributed by atoms with van der Waals surface area (Å²) in [5, 5.41) is 0. The molecule has 2 N–H and O–H groups in total. The Bertz CT molecular complexity index is 409. The van der Waals surface area contributed by atoms with Gasteiger partial charge in [-0.15, -0.1) is 0 Å². The molecule has 0 radical (unpaired) electrons. The molecule has 1 aromatic rings. The fourth-order valence-corrected chi connectivity index (χ4v) is 3.69. The van der Waals surface area contributed by atoms with E-state index in [1.807, 2.05) is 0 Å². The lowest BCUT2D eigenvalue weighted by Crippen LogP contribution is -2.39. The van der Waals surface area contributed by atoms with Gasteiger partial charge in [-0.25, -0.2) is 0 Å². The van der Waals surface area contributed by atoms with Crippen LogP contribution < -0.4 is 5.73 Å². The summed E-state index contributed by atoms with van der Waals surface area (Å²) < 4.78 is 6.04. The molecule has 104 valence electrons. The minimum Gasteiger partial charge on any atom is -0.372 e. The molecule has 0 bridgehead atoms. The van der Waals surface area contributed by atoms with Crippen molar-refractivity contribution in [1.82, 2.24) is 0 Å². The Morgan fingerprint density at radius 2 is 1.79 bits per heavy atom. The molecule has 1 fully saturated rings. The molecule has 0 aromatic heterocycles. The second-order valence-corrected chi connectivity index (χ2v) is 6.07. The van der Waals surface area contributed by atoms with E-state index in [0.717, 1.165) is 13.0 Å². The summed E-state index contributed by atoms with van der Waals surface area (Å²) in [5.41, 5.74) is 9.35. The number of ether oxygens (including phenoxy) is 1. The van der Waals surface area contributed by atoms with Crippen molar-refractivity contribution in [3.63, 3.8) is 0 Å². The lowest BCUT2D eigenvalue weighted by Gasteiger charge is -2.34. The highest BCUT2D eigenvalue weighted by Gasteiger charge is 2.31. The summed E-state index contributed by atoms with van der Waals surface area (Å²) in [7, 11) is 0. The molecule has 1 aliphatic carbocycles. The van der Waals surface area contributed by atoms with Gasteiger partial charge in [-0.2, -0.15) is 0 Å². The second-order valence-electron chi connectivity index (χ2n) is 6.07. The third kappa shape index (κ3) is 2.85. The molecule has 2 heteroatoms. The standard InChI is InChI=1S/C17H25NO/c18-16(14-8-3-1-2-4-9-14)17-15-10-6-5-7-13(15)11-12-19-17/h5-7,10,14,16-17H,1-4,8-9,11-12,18H2. The van der Waals surface area contributed by atoms with Gasteiger partial charge in [0.15, 0.2) is 0 Å². The van der Waals surface area contributed by atoms with Gasteiger partial charge >= 0.3 is 0 Å². The van der Waals surface area contributed by atoms with Crippen molar-refractivity contribution in [2.45, 2.75) is 57.1 Å². The molecular formula is C17H25NO. The molecule has 19 heavy (non-hydrogen) atoms. The monoisotopic (exact) mass is 259 g/mol. The van der Waals surface area contributed by atoms with E-state index in [9.17, 15) is 0 Å². The normalized spacial score (nSPS) is 26.5. The summed E-state index contributed by atoms with van der Waals surface area (Å²) in [6.07, 6.45) is 9.15. The summed E-state index contributed by atoms with van der Waals surface area (Å²) in [5.74, 6) is 0.638. The molecule has 2 unspecified atom stereocenters. The molecule has 2 nitrogen and oxygen atoms in total. The summed E-state index contributed by atoms with van der Waals surface area (Å²) >= 11 is 0. The fourth-order valence-electron chi connectivity index (χ4n) is 3.69. The zero-order valence-electron chi connectivity index (χ0n) is 11.7. The molecule has 2 atom stereocenters. The molecule has 1 aliphatic heterocycles. The van der Waals surface area contributed by atoms with Gasteiger partial charge in [-0.3, -0.25) is 0 Å². The van der Waals surface area contributed by atoms with Crippen molar-refractivity contribution in [1.29, 1.82) is 0 Å². The molecule has 1 saturated carbocycles. The molecule has 3 rings (SSSR count). The fraction of sp³-hybridized carbons (Fsp3) is 0.647. The Morgan fingerprint density at radius 1 is 1.05 bits per heavy atom. The van der Waals surface area contributed by atoms with E-state index in [1.165, 1.54) is 49.7 Å². The predicted molar refractivity (Wildman–Crippen MR) is 78.0 cm³/mol. The van der Waals surface area contributed by atoms with Crippen molar-refractivity contribution < 1.29 is 4.74 Å². The van der Waals surface area contributed by atoms with Gasteiger partial charge in [0, 0.05) is 6.04 Å². The second kappa shape index (κ2) is 6.06. The largest absolute Gasteiger partial charge is 0.372 e. The number of nitrogens with two attached hydrogens (primary N) is 1. The van der Waals surface area contributed by atoms with Crippen LogP contribution in [0.25, 0.3) is 0 Å². The van der Waals surface area contributed by atoms with Crippen LogP contribution in [-0.4, -0.2) is 12.6 Å². The molecule has 0 amide bonds. The third-order valence-corrected chi connectivity index (χ3v) is 4.82. The van der Waals surface area contributed by atoms with Gasteiger partial charge in [-0.1, -0.05) is 49.9 Å². The quantitative estimate of drug-likeness (QED) is 0.824. The van der Waals surface area contributed by atoms with E-state index >= 15 is 0 Å². The highest BCUT2D eigenvalue weighted by molar-refractivity contribution is 5.32. The summed E-state index contributed by atoms with van der Waals surface area (Å²) in [6, 6.07) is 8.83. The van der Waals surface area contributed by atoms with Crippen LogP contribution in [0.15, 0.2) is 24.3 Å². The van der Waals surface area contributed by atoms with Gasteiger partial charge in [0.1, 0.15) is 0 Å². The van der Waals surface area contributed by atoms with Gasteiger partial charge in [0.05, 0.1) is 12.7 Å². The number of fused-ring (bicyclic) bond motifs is 1. The maximum atomic E-state index is 6.58. The number of rotatable bonds is 2. The van der Waals surface area contributed by atoms with E-state index in [2.05, 4.69) is 24.3 Å². The van der Waals surface area contributed by atoms with Crippen LogP contribution >= 0.6 is 0 Å². The summed E-state index contributed by atoms with van der Waals surface area (Å²) in [4.78, 5) is 0. The Labute approximate surface area is 116 Å². The number of benzene rings is 1. The van der Waals surface area contributed by atoms with Crippen molar-refractivity contribution in [2.75, 3.05) is 6.61 Å². The SMILES string of the molecule is NC(C1CCCCCC1)C1OCCc2ccccc21. The highest BCUT2D eigenvalue weighted by atomic mass is 16.5. The van der Waals surface area contributed by atoms with E-state index < -0.39 is 0 Å². The molecule has 2 aliphatic rings. The van der Waals surface area contributed by atoms with E-state index in [1.54, 1.807) is 0 Å². The van der Waals surface area contributed by atoms with Gasteiger partial charge < -0.3 is 10.5 Å². The van der Waals surface area contributed by atoms with Crippen LogP contribution in [0.3, 0.4) is 0 Å². The number of hydrogen-bond acceptors (Lipinski definition) is 2. The maximum Gasteiger partial charge on any atom is 0.0981 e. The van der Waals surface area contributed by atoms with Crippen LogP contribution in [0, 0.1) is 5.92 Å². The maximum absolute atomic E-state index is 6.58. The van der Waals surface area contributed by atoms with E-state index in [4.69, 9.17) is 10.5 Å². The van der Waals surface area contributed by atoms with Crippen LogP contribution in [0.2, 0.25) is 0 Å². The molecule has 0 spiro atoms. The predicted octanol–water partition coefficient (Wildman–Crippen LogP) is 3.60. The first-order chi connectivity index (χ1) is 9.36. The van der Waals surface area contributed by atoms with Crippen molar-refractivity contribution in [2.24, 2.45) is 11.7 Å². The topological polar surface area (TPSA) is 35.2 Å². The average molecular weight is 259 g/mol. The van der Waals surface area contributed by atoms with Gasteiger partial charge in [-0.05, 0) is 36.3 Å². The first-order valence-electron chi connectivity index (χ1n) is 7.81. The molecule has 1 heterocycles. The smallest absolute Gasteiger partial charge is 0.0981 e. The van der Waals surface area contributed by atoms with Gasteiger partial charge in [0.25, 0.3) is 0 Å². The Balaban J connectivity index is 1.78. The van der Waals surface area contributed by atoms with Crippen LogP contribution in [0.5, 0.6) is 0 Å². The minimum absolute atomic E-state index is 0.119. The van der Waals surface area contributed by atoms with Crippen LogP contribution in [-0.2, 0) is 11.2 Å². The molecule has 0 saturated heterocycles. The van der Waals surface area contributed by atoms with E-state index in [0.29, 0.717) is 5.92 Å². The van der Waals surface area contributed by atoms with Gasteiger partial charge in [0.2, 0.25) is 0 Å². The first kappa shape index (κ1) is 13.1. The zero-order chi connectivity index (χ0) is 13.1. The van der Waals surface area contributed by atoms with Crippen LogP contribution in [0.4, 0.5) is 0 Å². The lowest BCUT2D eigenvalue weighted by atomic mass is 9.84. The van der Waals surface area contributed by atoms with Crippen molar-refractivity contribution >= 4 is 0 Å². The lowest BCUT2D eigenvalue weighted by molar-refractivity contribution is 0.00863. The minimum atomic E-state index is 0.119. The number of hydrogen-bond donors (Lipinski definition) is 1. The van der Waals surface area contributed by atoms with Crippen molar-refractivity contribution in [3.05, 3.63) is 35.4 Å². The Hall–Kier alpha value is -0.860. The zero-order valence-corrected chi connectivity index (χ0v) is 11.7. The van der Waals surface area contributed by atoms with E-state index in [-0.39, 0.29) is 12.1 Å². The van der Waals surface area contributed by atoms with Crippen molar-refractivity contribution in [3.8, 4) is 0 Å². The highest BCUT2D eigenvalue weighted by Crippen LogP contribution is 2.35. The Kier molecular flexibility index (Phi) is 4.19. The average Bonchev–Trinajstić information content (AvgIpc) is 2.75. The Morgan fingerprint density at radius 3 is 2.58 bits per heavy atom. The third-order valence-electron chi connectivity index (χ3n) is 4.82. The summed E-state index contributed by atoms with van der Waals surface area (Å²) in [6.45, 7) is 0.822. The molecular weight excluding hydrogens is 234 g/mol.